The molecule has 0 bridgehead atoms. The molecule has 0 saturated carbocycles. The van der Waals surface area contributed by atoms with Gasteiger partial charge in [0.05, 0.1) is 11.8 Å². The molecule has 2 heterocycles. The maximum Gasteiger partial charge on any atom is 0.213 e. The molecule has 0 fully saturated rings. The van der Waals surface area contributed by atoms with Crippen molar-refractivity contribution in [2.45, 2.75) is 38.5 Å². The Morgan fingerprint density at radius 1 is 0.844 bits per heavy atom. The van der Waals surface area contributed by atoms with Gasteiger partial charge in [-0.1, -0.05) is 92.7 Å². The first-order valence-electron chi connectivity index (χ1n) is 11.4. The topological polar surface area (TPSA) is 24.8 Å². The van der Waals surface area contributed by atoms with Crippen LogP contribution in [0.5, 0.6) is 5.75 Å². The van der Waals surface area contributed by atoms with Gasteiger partial charge < -0.3 is 4.74 Å². The van der Waals surface area contributed by atoms with Gasteiger partial charge in [-0.2, -0.15) is 5.10 Å². The second kappa shape index (κ2) is 7.52. The van der Waals surface area contributed by atoms with Gasteiger partial charge in [-0.05, 0) is 39.9 Å². The van der Waals surface area contributed by atoms with Crippen molar-refractivity contribution in [2.24, 2.45) is 5.10 Å². The maximum atomic E-state index is 6.51. The summed E-state index contributed by atoms with van der Waals surface area (Å²) in [7, 11) is 0. The van der Waals surface area contributed by atoms with Crippen LogP contribution in [0, 0.1) is 0 Å². The Kier molecular flexibility index (Phi) is 4.50. The van der Waals surface area contributed by atoms with E-state index < -0.39 is 0 Å². The van der Waals surface area contributed by atoms with Gasteiger partial charge in [-0.15, -0.1) is 0 Å². The highest BCUT2D eigenvalue weighted by atomic mass is 16.5. The van der Waals surface area contributed by atoms with Crippen LogP contribution in [0.1, 0.15) is 60.7 Å². The quantitative estimate of drug-likeness (QED) is 0.351. The van der Waals surface area contributed by atoms with Crippen molar-refractivity contribution in [3.8, 4) is 5.75 Å². The van der Waals surface area contributed by atoms with Gasteiger partial charge >= 0.3 is 0 Å². The lowest BCUT2D eigenvalue weighted by atomic mass is 9.94. The first-order valence-corrected chi connectivity index (χ1v) is 11.4. The number of hydrazone groups is 1. The Morgan fingerprint density at radius 2 is 1.59 bits per heavy atom. The Balaban J connectivity index is 1.42. The lowest BCUT2D eigenvalue weighted by Crippen LogP contribution is -2.33. The number of para-hydroxylation sites is 1. The van der Waals surface area contributed by atoms with Gasteiger partial charge in [-0.25, -0.2) is 5.01 Å². The van der Waals surface area contributed by atoms with E-state index in [1.165, 1.54) is 27.5 Å². The first kappa shape index (κ1) is 19.1. The van der Waals surface area contributed by atoms with E-state index in [0.29, 0.717) is 5.92 Å². The second-order valence-corrected chi connectivity index (χ2v) is 9.04. The lowest BCUT2D eigenvalue weighted by Gasteiger charge is -2.38. The van der Waals surface area contributed by atoms with Gasteiger partial charge in [0, 0.05) is 17.5 Å². The van der Waals surface area contributed by atoms with Crippen LogP contribution < -0.4 is 4.74 Å². The second-order valence-electron chi connectivity index (χ2n) is 9.04. The number of hydrogen-bond donors (Lipinski definition) is 0. The highest BCUT2D eigenvalue weighted by molar-refractivity contribution is 6.04. The molecule has 0 amide bonds. The van der Waals surface area contributed by atoms with Crippen LogP contribution in [0.3, 0.4) is 0 Å². The van der Waals surface area contributed by atoms with Crippen LogP contribution in [0.15, 0.2) is 96.1 Å². The normalized spacial score (nSPS) is 19.5. The molecule has 2 aliphatic rings. The molecule has 0 saturated heterocycles. The molecule has 0 spiro atoms. The van der Waals surface area contributed by atoms with Gasteiger partial charge in [-0.3, -0.25) is 0 Å². The third kappa shape index (κ3) is 3.16. The Hall–Kier alpha value is -3.59. The molecule has 3 nitrogen and oxygen atoms in total. The van der Waals surface area contributed by atoms with Gasteiger partial charge in [0.25, 0.3) is 0 Å². The third-order valence-electron chi connectivity index (χ3n) is 6.67. The molecule has 4 aromatic rings. The van der Waals surface area contributed by atoms with Crippen molar-refractivity contribution < 1.29 is 4.74 Å². The summed E-state index contributed by atoms with van der Waals surface area (Å²) in [6.45, 7) is 4.44. The van der Waals surface area contributed by atoms with Crippen LogP contribution >= 0.6 is 0 Å². The Labute approximate surface area is 189 Å². The van der Waals surface area contributed by atoms with E-state index in [-0.39, 0.29) is 12.3 Å². The monoisotopic (exact) mass is 418 g/mol. The minimum atomic E-state index is -0.228. The number of hydrogen-bond acceptors (Lipinski definition) is 3. The van der Waals surface area contributed by atoms with E-state index in [1.54, 1.807) is 0 Å². The van der Waals surface area contributed by atoms with Gasteiger partial charge in [0.1, 0.15) is 5.75 Å². The number of ether oxygens (including phenoxy) is 1. The summed E-state index contributed by atoms with van der Waals surface area (Å²) in [6.07, 6.45) is 0.647. The molecule has 0 unspecified atom stereocenters. The molecule has 4 aromatic carbocycles. The van der Waals surface area contributed by atoms with Crippen LogP contribution in [0.25, 0.3) is 10.8 Å². The van der Waals surface area contributed by atoms with Gasteiger partial charge in [0.15, 0.2) is 0 Å². The van der Waals surface area contributed by atoms with Crippen LogP contribution in [-0.4, -0.2) is 10.7 Å². The molecule has 2 atom stereocenters. The summed E-state index contributed by atoms with van der Waals surface area (Å²) in [5.41, 5.74) is 5.98. The van der Waals surface area contributed by atoms with Crippen molar-refractivity contribution in [2.75, 3.05) is 0 Å². The fraction of sp³-hybridized carbons (Fsp3) is 0.207. The van der Waals surface area contributed by atoms with Crippen molar-refractivity contribution in [3.05, 3.63) is 113 Å². The summed E-state index contributed by atoms with van der Waals surface area (Å²) >= 11 is 0. The highest BCUT2D eigenvalue weighted by Gasteiger charge is 2.40. The zero-order valence-electron chi connectivity index (χ0n) is 18.4. The van der Waals surface area contributed by atoms with Crippen molar-refractivity contribution in [1.82, 2.24) is 5.01 Å². The molecule has 0 radical (unpaired) electrons. The van der Waals surface area contributed by atoms with Crippen molar-refractivity contribution in [1.29, 1.82) is 0 Å². The van der Waals surface area contributed by atoms with Crippen LogP contribution in [0.4, 0.5) is 0 Å². The standard InChI is InChI=1S/C29H26N2O/c1-19(2)20-11-14-22(15-12-20)29-31-27(25-9-5-6-10-28(25)32-29)18-26(30-31)24-16-13-21-7-3-4-8-23(21)17-24/h3-17,19,27,29H,18H2,1-2H3/t27-,29+/m1/s1. The lowest BCUT2D eigenvalue weighted by molar-refractivity contribution is -0.0190. The molecule has 0 aromatic heterocycles. The van der Waals surface area contributed by atoms with Gasteiger partial charge in [0.2, 0.25) is 6.23 Å². The fourth-order valence-electron chi connectivity index (χ4n) is 4.84. The Bertz CT molecular complexity index is 1320. The average molecular weight is 419 g/mol. The number of nitrogens with zero attached hydrogens (tertiary/aromatic N) is 2. The minimum Gasteiger partial charge on any atom is -0.464 e. The third-order valence-corrected chi connectivity index (χ3v) is 6.67. The summed E-state index contributed by atoms with van der Waals surface area (Å²) in [4.78, 5) is 0. The molecule has 2 aliphatic heterocycles. The largest absolute Gasteiger partial charge is 0.464 e. The molecule has 0 N–H and O–H groups in total. The highest BCUT2D eigenvalue weighted by Crippen LogP contribution is 2.47. The summed E-state index contributed by atoms with van der Waals surface area (Å²) in [5.74, 6) is 1.47. The molecular formula is C29H26N2O. The van der Waals surface area contributed by atoms with Crippen LogP contribution in [0.2, 0.25) is 0 Å². The van der Waals surface area contributed by atoms with Crippen molar-refractivity contribution in [3.63, 3.8) is 0 Å². The molecular weight excluding hydrogens is 392 g/mol. The SMILES string of the molecule is CC(C)c1ccc([C@@H]2Oc3ccccc3[C@H]3CC(c4ccc5ccccc5c4)=NN32)cc1. The maximum absolute atomic E-state index is 6.51. The molecule has 32 heavy (non-hydrogen) atoms. The number of benzene rings is 4. The van der Waals surface area contributed by atoms with E-state index >= 15 is 0 Å². The Morgan fingerprint density at radius 3 is 2.41 bits per heavy atom. The first-order chi connectivity index (χ1) is 15.7. The smallest absolute Gasteiger partial charge is 0.213 e. The molecule has 3 heteroatoms. The summed E-state index contributed by atoms with van der Waals surface area (Å²) in [5, 5.41) is 9.79. The van der Waals surface area contributed by atoms with Crippen LogP contribution in [-0.2, 0) is 0 Å². The predicted molar refractivity (Wildman–Crippen MR) is 130 cm³/mol. The minimum absolute atomic E-state index is 0.177. The average Bonchev–Trinajstić information content (AvgIpc) is 3.29. The zero-order chi connectivity index (χ0) is 21.7. The van der Waals surface area contributed by atoms with E-state index in [9.17, 15) is 0 Å². The van der Waals surface area contributed by atoms with E-state index in [0.717, 1.165) is 23.4 Å². The summed E-state index contributed by atoms with van der Waals surface area (Å²) in [6, 6.07) is 32.5. The zero-order valence-corrected chi connectivity index (χ0v) is 18.4. The molecule has 6 rings (SSSR count). The van der Waals surface area contributed by atoms with E-state index in [2.05, 4.69) is 104 Å². The number of fused-ring (bicyclic) bond motifs is 4. The molecule has 158 valence electrons. The molecule has 0 aliphatic carbocycles. The van der Waals surface area contributed by atoms with E-state index in [1.807, 2.05) is 6.07 Å². The fourth-order valence-corrected chi connectivity index (χ4v) is 4.84. The number of rotatable bonds is 3. The predicted octanol–water partition coefficient (Wildman–Crippen LogP) is 7.21. The summed E-state index contributed by atoms with van der Waals surface area (Å²) < 4.78 is 6.51. The van der Waals surface area contributed by atoms with E-state index in [4.69, 9.17) is 9.84 Å². The van der Waals surface area contributed by atoms with Crippen molar-refractivity contribution >= 4 is 16.5 Å².